The summed E-state index contributed by atoms with van der Waals surface area (Å²) in [6.45, 7) is 2.95. The zero-order valence-electron chi connectivity index (χ0n) is 20.4. The lowest BCUT2D eigenvalue weighted by Crippen LogP contribution is -2.54. The van der Waals surface area contributed by atoms with Gasteiger partial charge in [0.05, 0.1) is 6.04 Å². The molecule has 2 aromatic rings. The van der Waals surface area contributed by atoms with Crippen LogP contribution in [-0.2, 0) is 11.3 Å². The number of amides is 1. The number of ether oxygens (including phenoxy) is 1. The fourth-order valence-corrected chi connectivity index (χ4v) is 5.12. The molecule has 10 nitrogen and oxygen atoms in total. The first-order chi connectivity index (χ1) is 17.6. The third kappa shape index (κ3) is 7.15. The van der Waals surface area contributed by atoms with E-state index in [1.165, 1.54) is 12.8 Å². The predicted molar refractivity (Wildman–Crippen MR) is 140 cm³/mol. The van der Waals surface area contributed by atoms with Crippen LogP contribution >= 0.6 is 11.6 Å². The number of nitrogens with zero attached hydrogens (tertiary/aromatic N) is 7. The van der Waals surface area contributed by atoms with Crippen LogP contribution in [0.1, 0.15) is 50.5 Å². The molecule has 2 aliphatic rings. The number of azide groups is 1. The maximum Gasteiger partial charge on any atom is 0.410 e. The number of piperidine rings is 1. The van der Waals surface area contributed by atoms with Crippen LogP contribution in [0, 0.1) is 0 Å². The first-order valence-corrected chi connectivity index (χ1v) is 13.1. The van der Waals surface area contributed by atoms with Gasteiger partial charge in [0.15, 0.2) is 0 Å². The number of anilines is 2. The van der Waals surface area contributed by atoms with Crippen LogP contribution in [0.5, 0.6) is 0 Å². The number of hydrogen-bond donors (Lipinski definition) is 1. The molecule has 192 valence electrons. The van der Waals surface area contributed by atoms with E-state index in [1.807, 2.05) is 36.4 Å². The zero-order chi connectivity index (χ0) is 25.2. The molecule has 0 bridgehead atoms. The van der Waals surface area contributed by atoms with Gasteiger partial charge in [0.1, 0.15) is 17.6 Å². The second-order valence-corrected chi connectivity index (χ2v) is 9.60. The Hall–Kier alpha value is -3.23. The van der Waals surface area contributed by atoms with Crippen molar-refractivity contribution in [1.82, 2.24) is 14.9 Å². The van der Waals surface area contributed by atoms with Gasteiger partial charge in [-0.1, -0.05) is 59.9 Å². The van der Waals surface area contributed by atoms with Crippen molar-refractivity contribution in [2.75, 3.05) is 36.4 Å². The van der Waals surface area contributed by atoms with E-state index in [0.717, 1.165) is 50.2 Å². The van der Waals surface area contributed by atoms with E-state index >= 15 is 0 Å². The second kappa shape index (κ2) is 13.2. The molecule has 4 rings (SSSR count). The van der Waals surface area contributed by atoms with Crippen LogP contribution in [0.4, 0.5) is 16.6 Å². The van der Waals surface area contributed by atoms with Gasteiger partial charge in [-0.2, -0.15) is 4.98 Å². The van der Waals surface area contributed by atoms with E-state index in [-0.39, 0.29) is 31.3 Å². The maximum atomic E-state index is 13.1. The number of rotatable bonds is 8. The molecule has 36 heavy (non-hydrogen) atoms. The zero-order valence-corrected chi connectivity index (χ0v) is 21.2. The molecular formula is C25H33ClN8O2. The minimum atomic E-state index is -0.381. The van der Waals surface area contributed by atoms with Gasteiger partial charge in [-0.3, -0.25) is 0 Å². The Morgan fingerprint density at radius 3 is 2.67 bits per heavy atom. The lowest BCUT2D eigenvalue weighted by molar-refractivity contribution is 0.0627. The smallest absolute Gasteiger partial charge is 0.410 e. The Morgan fingerprint density at radius 2 is 1.92 bits per heavy atom. The molecule has 3 heterocycles. The van der Waals surface area contributed by atoms with Gasteiger partial charge in [0.25, 0.3) is 0 Å². The van der Waals surface area contributed by atoms with E-state index in [1.54, 1.807) is 4.90 Å². The molecule has 2 aliphatic heterocycles. The third-order valence-corrected chi connectivity index (χ3v) is 6.93. The van der Waals surface area contributed by atoms with Gasteiger partial charge >= 0.3 is 6.09 Å². The van der Waals surface area contributed by atoms with Crippen molar-refractivity contribution in [3.8, 4) is 0 Å². The number of nitrogens with one attached hydrogen (secondary N) is 1. The van der Waals surface area contributed by atoms with Crippen molar-refractivity contribution in [2.45, 2.75) is 63.6 Å². The first kappa shape index (κ1) is 25.9. The summed E-state index contributed by atoms with van der Waals surface area (Å²) >= 11 is 6.39. The van der Waals surface area contributed by atoms with Crippen LogP contribution in [0.25, 0.3) is 10.4 Å². The summed E-state index contributed by atoms with van der Waals surface area (Å²) in [6, 6.07) is 11.0. The van der Waals surface area contributed by atoms with Gasteiger partial charge in [-0.15, -0.1) is 0 Å². The Kier molecular flexibility index (Phi) is 9.47. The number of hydrogen-bond acceptors (Lipinski definition) is 7. The molecule has 0 spiro atoms. The molecule has 1 aromatic heterocycles. The average Bonchev–Trinajstić information content (AvgIpc) is 3.18. The summed E-state index contributed by atoms with van der Waals surface area (Å²) < 4.78 is 5.63. The monoisotopic (exact) mass is 512 g/mol. The van der Waals surface area contributed by atoms with Crippen LogP contribution in [0.15, 0.2) is 41.5 Å². The minimum Gasteiger partial charge on any atom is -0.445 e. The van der Waals surface area contributed by atoms with E-state index < -0.39 is 0 Å². The molecule has 0 aliphatic carbocycles. The van der Waals surface area contributed by atoms with Crippen molar-refractivity contribution in [3.05, 3.63) is 57.6 Å². The summed E-state index contributed by atoms with van der Waals surface area (Å²) in [5.41, 5.74) is 9.71. The first-order valence-electron chi connectivity index (χ1n) is 12.7. The Morgan fingerprint density at radius 1 is 1.14 bits per heavy atom. The van der Waals surface area contributed by atoms with Crippen molar-refractivity contribution < 1.29 is 9.53 Å². The number of aromatic nitrogens is 2. The maximum absolute atomic E-state index is 13.1. The number of carbonyl (C=O) groups is 1. The van der Waals surface area contributed by atoms with Crippen molar-refractivity contribution in [3.63, 3.8) is 0 Å². The van der Waals surface area contributed by atoms with Crippen LogP contribution < -0.4 is 10.2 Å². The molecule has 1 N–H and O–H groups in total. The van der Waals surface area contributed by atoms with Gasteiger partial charge in [-0.25, -0.2) is 9.78 Å². The van der Waals surface area contributed by atoms with E-state index in [2.05, 4.69) is 25.2 Å². The van der Waals surface area contributed by atoms with Crippen molar-refractivity contribution in [2.24, 2.45) is 5.11 Å². The quantitative estimate of drug-likeness (QED) is 0.207. The van der Waals surface area contributed by atoms with Gasteiger partial charge in [-0.05, 0) is 43.2 Å². The molecule has 2 atom stereocenters. The molecule has 11 heteroatoms. The molecule has 2 saturated heterocycles. The fraction of sp³-hybridized carbons (Fsp3) is 0.560. The third-order valence-electron chi connectivity index (χ3n) is 6.73. The summed E-state index contributed by atoms with van der Waals surface area (Å²) in [4.78, 5) is 29.1. The van der Waals surface area contributed by atoms with Gasteiger partial charge < -0.3 is 19.9 Å². The number of halogens is 1. The highest BCUT2D eigenvalue weighted by atomic mass is 35.5. The van der Waals surface area contributed by atoms with Crippen molar-refractivity contribution >= 4 is 29.5 Å². The average molecular weight is 513 g/mol. The Bertz CT molecular complexity index is 1040. The summed E-state index contributed by atoms with van der Waals surface area (Å²) in [5.74, 6) is 1.26. The normalized spacial score (nSPS) is 20.2. The highest BCUT2D eigenvalue weighted by molar-refractivity contribution is 6.29. The highest BCUT2D eigenvalue weighted by Gasteiger charge is 2.35. The van der Waals surface area contributed by atoms with Crippen LogP contribution in [0.3, 0.4) is 0 Å². The van der Waals surface area contributed by atoms with Gasteiger partial charge in [0, 0.05) is 43.2 Å². The number of likely N-dealkylation sites (tertiary alicyclic amines) is 1. The SMILES string of the molecule is [N-]=[N+]=NCCC1C(Nc2nc(Cl)cc(N3CCCCCC3)n2)CCCN1C(=O)OCc1ccccc1. The largest absolute Gasteiger partial charge is 0.445 e. The second-order valence-electron chi connectivity index (χ2n) is 9.21. The molecular weight excluding hydrogens is 480 g/mol. The Labute approximate surface area is 216 Å². The Balaban J connectivity index is 1.49. The van der Waals surface area contributed by atoms with E-state index in [4.69, 9.17) is 26.9 Å². The van der Waals surface area contributed by atoms with E-state index in [9.17, 15) is 4.79 Å². The molecule has 2 fully saturated rings. The van der Waals surface area contributed by atoms with E-state index in [0.29, 0.717) is 24.1 Å². The van der Waals surface area contributed by atoms with Crippen molar-refractivity contribution in [1.29, 1.82) is 0 Å². The molecule has 2 unspecified atom stereocenters. The van der Waals surface area contributed by atoms with Crippen LogP contribution in [-0.4, -0.2) is 59.2 Å². The standard InChI is InChI=1S/C25H33ClN8O2/c26-22-17-23(33-14-6-1-2-7-15-33)31-24(30-22)29-20-11-8-16-34(21(20)12-13-28-32-27)25(35)36-18-19-9-4-3-5-10-19/h3-5,9-10,17,20-21H,1-2,6-8,11-16,18H2,(H,29,30,31). The lowest BCUT2D eigenvalue weighted by Gasteiger charge is -2.41. The molecule has 0 radical (unpaired) electrons. The van der Waals surface area contributed by atoms with Gasteiger partial charge in [0.2, 0.25) is 5.95 Å². The number of benzene rings is 1. The molecule has 1 amide bonds. The minimum absolute atomic E-state index is 0.132. The lowest BCUT2D eigenvalue weighted by atomic mass is 9.94. The molecule has 1 aromatic carbocycles. The predicted octanol–water partition coefficient (Wildman–Crippen LogP) is 5.79. The highest BCUT2D eigenvalue weighted by Crippen LogP contribution is 2.27. The summed E-state index contributed by atoms with van der Waals surface area (Å²) in [5, 5.41) is 7.52. The number of carbonyl (C=O) groups excluding carboxylic acids is 1. The summed E-state index contributed by atoms with van der Waals surface area (Å²) in [6.07, 6.45) is 6.46. The summed E-state index contributed by atoms with van der Waals surface area (Å²) in [7, 11) is 0. The topological polar surface area (TPSA) is 119 Å². The fourth-order valence-electron chi connectivity index (χ4n) is 4.94. The van der Waals surface area contributed by atoms with Crippen LogP contribution in [0.2, 0.25) is 5.15 Å². The molecule has 0 saturated carbocycles.